The van der Waals surface area contributed by atoms with Crippen molar-refractivity contribution >= 4 is 5.69 Å². The van der Waals surface area contributed by atoms with Gasteiger partial charge in [0, 0.05) is 18.8 Å². The van der Waals surface area contributed by atoms with Crippen molar-refractivity contribution in [3.8, 4) is 0 Å². The second-order valence-corrected chi connectivity index (χ2v) is 4.35. The fourth-order valence-electron chi connectivity index (χ4n) is 1.90. The zero-order valence-corrected chi connectivity index (χ0v) is 15.6. The van der Waals surface area contributed by atoms with Gasteiger partial charge in [-0.05, 0) is 23.6 Å². The number of ether oxygens (including phenoxy) is 1. The molecule has 0 aliphatic carbocycles. The van der Waals surface area contributed by atoms with Crippen molar-refractivity contribution in [2.75, 3.05) is 31.2 Å². The van der Waals surface area contributed by atoms with E-state index >= 15 is 0 Å². The van der Waals surface area contributed by atoms with Gasteiger partial charge in [0.1, 0.15) is 0 Å². The Kier molecular flexibility index (Phi) is 16.3. The van der Waals surface area contributed by atoms with Crippen molar-refractivity contribution in [1.29, 1.82) is 0 Å². The van der Waals surface area contributed by atoms with Gasteiger partial charge in [-0.2, -0.15) is 0 Å². The summed E-state index contributed by atoms with van der Waals surface area (Å²) in [5.74, 6) is 0.603. The number of morpholine rings is 1. The normalized spacial score (nSPS) is 13.1. The first-order valence-corrected chi connectivity index (χ1v) is 8.70. The Balaban J connectivity index is 0. The zero-order chi connectivity index (χ0) is 16.7. The molecule has 0 bridgehead atoms. The van der Waals surface area contributed by atoms with Crippen LogP contribution in [0.3, 0.4) is 0 Å². The third-order valence-corrected chi connectivity index (χ3v) is 2.91. The lowest BCUT2D eigenvalue weighted by atomic mass is 10.0. The minimum atomic E-state index is 0.603. The standard InChI is InChI=1S/C13H19NO.3C2H6/c1-11(2)12-4-3-5-13(10-12)14-6-8-15-9-7-14;3*1-2/h3-5,10-11H,6-9H2,1-2H3;3*1-2H3. The van der Waals surface area contributed by atoms with E-state index in [9.17, 15) is 0 Å². The quantitative estimate of drug-likeness (QED) is 0.691. The minimum Gasteiger partial charge on any atom is -0.378 e. The highest BCUT2D eigenvalue weighted by molar-refractivity contribution is 5.49. The summed E-state index contributed by atoms with van der Waals surface area (Å²) >= 11 is 0. The molecule has 2 heteroatoms. The summed E-state index contributed by atoms with van der Waals surface area (Å²) in [6.45, 7) is 20.2. The lowest BCUT2D eigenvalue weighted by molar-refractivity contribution is 0.122. The van der Waals surface area contributed by atoms with Crippen LogP contribution in [0.1, 0.15) is 66.9 Å². The molecule has 21 heavy (non-hydrogen) atoms. The molecule has 0 unspecified atom stereocenters. The maximum atomic E-state index is 5.36. The van der Waals surface area contributed by atoms with Crippen molar-refractivity contribution in [1.82, 2.24) is 0 Å². The minimum absolute atomic E-state index is 0.603. The Bertz CT molecular complexity index is 317. The van der Waals surface area contributed by atoms with E-state index in [0.717, 1.165) is 26.3 Å². The van der Waals surface area contributed by atoms with E-state index < -0.39 is 0 Å². The van der Waals surface area contributed by atoms with Crippen LogP contribution in [-0.4, -0.2) is 26.3 Å². The molecule has 124 valence electrons. The molecule has 2 rings (SSSR count). The van der Waals surface area contributed by atoms with Crippen molar-refractivity contribution < 1.29 is 4.74 Å². The summed E-state index contributed by atoms with van der Waals surface area (Å²) in [5, 5.41) is 0. The van der Waals surface area contributed by atoms with Crippen molar-refractivity contribution in [3.05, 3.63) is 29.8 Å². The highest BCUT2D eigenvalue weighted by atomic mass is 16.5. The molecule has 1 aliphatic heterocycles. The maximum absolute atomic E-state index is 5.36. The molecule has 1 aliphatic rings. The van der Waals surface area contributed by atoms with Gasteiger partial charge in [0.25, 0.3) is 0 Å². The number of benzene rings is 1. The predicted octanol–water partition coefficient (Wildman–Crippen LogP) is 5.73. The summed E-state index contributed by atoms with van der Waals surface area (Å²) in [6.07, 6.45) is 0. The first kappa shape index (κ1) is 22.3. The fourth-order valence-corrected chi connectivity index (χ4v) is 1.90. The number of hydrogen-bond acceptors (Lipinski definition) is 2. The Morgan fingerprint density at radius 2 is 1.43 bits per heavy atom. The first-order valence-electron chi connectivity index (χ1n) is 8.70. The number of rotatable bonds is 2. The molecule has 0 aromatic heterocycles. The second kappa shape index (κ2) is 15.4. The fraction of sp³-hybridized carbons (Fsp3) is 0.684. The molecule has 1 heterocycles. The van der Waals surface area contributed by atoms with E-state index in [0.29, 0.717) is 5.92 Å². The lowest BCUT2D eigenvalue weighted by Gasteiger charge is -2.29. The van der Waals surface area contributed by atoms with Crippen molar-refractivity contribution in [2.24, 2.45) is 0 Å². The average molecular weight is 296 g/mol. The van der Waals surface area contributed by atoms with E-state index in [1.807, 2.05) is 41.5 Å². The van der Waals surface area contributed by atoms with Gasteiger partial charge in [0.05, 0.1) is 13.2 Å². The van der Waals surface area contributed by atoms with Crippen LogP contribution < -0.4 is 4.90 Å². The topological polar surface area (TPSA) is 12.5 Å². The highest BCUT2D eigenvalue weighted by Crippen LogP contribution is 2.22. The zero-order valence-electron chi connectivity index (χ0n) is 15.6. The molecule has 0 saturated carbocycles. The molecule has 0 N–H and O–H groups in total. The average Bonchev–Trinajstić information content (AvgIpc) is 2.61. The highest BCUT2D eigenvalue weighted by Gasteiger charge is 2.11. The van der Waals surface area contributed by atoms with Gasteiger partial charge >= 0.3 is 0 Å². The summed E-state index contributed by atoms with van der Waals surface area (Å²) < 4.78 is 5.36. The molecule has 0 radical (unpaired) electrons. The van der Waals surface area contributed by atoms with Gasteiger partial charge < -0.3 is 9.64 Å². The maximum Gasteiger partial charge on any atom is 0.0642 e. The van der Waals surface area contributed by atoms with Crippen LogP contribution in [0.2, 0.25) is 0 Å². The molecular weight excluding hydrogens is 258 g/mol. The molecule has 0 spiro atoms. The van der Waals surface area contributed by atoms with E-state index in [4.69, 9.17) is 4.74 Å². The van der Waals surface area contributed by atoms with Gasteiger partial charge in [-0.25, -0.2) is 0 Å². The van der Waals surface area contributed by atoms with Crippen LogP contribution in [-0.2, 0) is 4.74 Å². The number of nitrogens with zero attached hydrogens (tertiary/aromatic N) is 1. The molecule has 1 saturated heterocycles. The van der Waals surface area contributed by atoms with Crippen molar-refractivity contribution in [2.45, 2.75) is 61.3 Å². The van der Waals surface area contributed by atoms with E-state index in [1.165, 1.54) is 11.3 Å². The van der Waals surface area contributed by atoms with Gasteiger partial charge in [-0.1, -0.05) is 67.5 Å². The van der Waals surface area contributed by atoms with Gasteiger partial charge in [-0.3, -0.25) is 0 Å². The molecule has 1 aromatic rings. The largest absolute Gasteiger partial charge is 0.378 e. The van der Waals surface area contributed by atoms with E-state index in [2.05, 4.69) is 43.0 Å². The molecule has 0 atom stereocenters. The summed E-state index contributed by atoms with van der Waals surface area (Å²) in [5.41, 5.74) is 2.75. The third kappa shape index (κ3) is 8.77. The SMILES string of the molecule is CC.CC.CC.CC(C)c1cccc(N2CCOCC2)c1. The first-order chi connectivity index (χ1) is 10.3. The Morgan fingerprint density at radius 1 is 0.905 bits per heavy atom. The molecule has 0 amide bonds. The molecular formula is C19H37NO. The molecule has 1 fully saturated rings. The van der Waals surface area contributed by atoms with Gasteiger partial charge in [0.15, 0.2) is 0 Å². The Labute approximate surface area is 133 Å². The van der Waals surface area contributed by atoms with E-state index in [1.54, 1.807) is 0 Å². The van der Waals surface area contributed by atoms with Gasteiger partial charge in [0.2, 0.25) is 0 Å². The molecule has 1 aromatic carbocycles. The lowest BCUT2D eigenvalue weighted by Crippen LogP contribution is -2.36. The third-order valence-electron chi connectivity index (χ3n) is 2.91. The molecule has 2 nitrogen and oxygen atoms in total. The number of anilines is 1. The van der Waals surface area contributed by atoms with Crippen LogP contribution in [0.4, 0.5) is 5.69 Å². The van der Waals surface area contributed by atoms with Crippen LogP contribution in [0.5, 0.6) is 0 Å². The van der Waals surface area contributed by atoms with Gasteiger partial charge in [-0.15, -0.1) is 0 Å². The smallest absolute Gasteiger partial charge is 0.0642 e. The second-order valence-electron chi connectivity index (χ2n) is 4.35. The van der Waals surface area contributed by atoms with Crippen molar-refractivity contribution in [3.63, 3.8) is 0 Å². The summed E-state index contributed by atoms with van der Waals surface area (Å²) in [4.78, 5) is 2.40. The van der Waals surface area contributed by atoms with Crippen LogP contribution in [0, 0.1) is 0 Å². The summed E-state index contributed by atoms with van der Waals surface area (Å²) in [7, 11) is 0. The summed E-state index contributed by atoms with van der Waals surface area (Å²) in [6, 6.07) is 8.85. The van der Waals surface area contributed by atoms with Crippen LogP contribution >= 0.6 is 0 Å². The van der Waals surface area contributed by atoms with Crippen LogP contribution in [0.15, 0.2) is 24.3 Å². The predicted molar refractivity (Wildman–Crippen MR) is 97.6 cm³/mol. The van der Waals surface area contributed by atoms with Crippen LogP contribution in [0.25, 0.3) is 0 Å². The Morgan fingerprint density at radius 3 is 1.90 bits per heavy atom. The van der Waals surface area contributed by atoms with E-state index in [-0.39, 0.29) is 0 Å². The monoisotopic (exact) mass is 295 g/mol. The number of hydrogen-bond donors (Lipinski definition) is 0. The Hall–Kier alpha value is -1.02.